The molecule has 0 fully saturated rings. The zero-order valence-electron chi connectivity index (χ0n) is 16.6. The molecule has 1 amide bonds. The first-order valence-electron chi connectivity index (χ1n) is 9.71. The molecule has 154 valence electrons. The molecule has 1 N–H and O–H groups in total. The van der Waals surface area contributed by atoms with Gasteiger partial charge in [0.05, 0.1) is 6.21 Å². The van der Waals surface area contributed by atoms with Crippen LogP contribution in [0, 0.1) is 5.82 Å². The summed E-state index contributed by atoms with van der Waals surface area (Å²) in [4.78, 5) is 12.3. The van der Waals surface area contributed by atoms with Crippen molar-refractivity contribution in [1.82, 2.24) is 9.99 Å². The van der Waals surface area contributed by atoms with E-state index in [0.29, 0.717) is 17.9 Å². The van der Waals surface area contributed by atoms with Crippen molar-refractivity contribution in [3.05, 3.63) is 120 Å². The number of rotatable bonds is 7. The molecule has 0 aliphatic heterocycles. The predicted octanol–water partition coefficient (Wildman–Crippen LogP) is 4.96. The lowest BCUT2D eigenvalue weighted by molar-refractivity contribution is 0.0955. The minimum atomic E-state index is -0.293. The summed E-state index contributed by atoms with van der Waals surface area (Å²) in [5.41, 5.74) is 5.67. The van der Waals surface area contributed by atoms with E-state index in [1.165, 1.54) is 12.1 Å². The predicted molar refractivity (Wildman–Crippen MR) is 118 cm³/mol. The van der Waals surface area contributed by atoms with Crippen molar-refractivity contribution < 1.29 is 13.9 Å². The Morgan fingerprint density at radius 3 is 2.45 bits per heavy atom. The first-order valence-corrected chi connectivity index (χ1v) is 9.71. The van der Waals surface area contributed by atoms with E-state index >= 15 is 0 Å². The van der Waals surface area contributed by atoms with Gasteiger partial charge >= 0.3 is 0 Å². The van der Waals surface area contributed by atoms with Gasteiger partial charge in [0, 0.05) is 23.6 Å². The van der Waals surface area contributed by atoms with Gasteiger partial charge in [-0.3, -0.25) is 4.79 Å². The Morgan fingerprint density at radius 1 is 0.968 bits per heavy atom. The van der Waals surface area contributed by atoms with Crippen molar-refractivity contribution in [3.8, 4) is 11.4 Å². The molecule has 0 aliphatic carbocycles. The van der Waals surface area contributed by atoms with Crippen molar-refractivity contribution in [2.75, 3.05) is 0 Å². The summed E-state index contributed by atoms with van der Waals surface area (Å²) in [6, 6.07) is 24.6. The highest BCUT2D eigenvalue weighted by Crippen LogP contribution is 2.15. The Hall–Kier alpha value is -4.19. The van der Waals surface area contributed by atoms with E-state index in [1.807, 2.05) is 65.5 Å². The van der Waals surface area contributed by atoms with Crippen molar-refractivity contribution in [1.29, 1.82) is 0 Å². The maximum Gasteiger partial charge on any atom is 0.271 e. The summed E-state index contributed by atoms with van der Waals surface area (Å²) < 4.78 is 20.7. The molecule has 4 aromatic rings. The Labute approximate surface area is 179 Å². The molecule has 5 nitrogen and oxygen atoms in total. The number of benzene rings is 3. The number of hydrogen-bond donors (Lipinski definition) is 1. The highest BCUT2D eigenvalue weighted by Gasteiger charge is 2.04. The second-order valence-corrected chi connectivity index (χ2v) is 6.82. The highest BCUT2D eigenvalue weighted by molar-refractivity contribution is 5.95. The molecule has 4 rings (SSSR count). The molecule has 0 saturated carbocycles. The van der Waals surface area contributed by atoms with Crippen LogP contribution in [-0.2, 0) is 6.61 Å². The Bertz CT molecular complexity index is 1170. The van der Waals surface area contributed by atoms with Crippen LogP contribution < -0.4 is 10.2 Å². The average Bonchev–Trinajstić information content (AvgIpc) is 3.34. The summed E-state index contributed by atoms with van der Waals surface area (Å²) in [5, 5.41) is 4.03. The summed E-state index contributed by atoms with van der Waals surface area (Å²) in [6.45, 7) is 0.330. The largest absolute Gasteiger partial charge is 0.489 e. The Balaban J connectivity index is 1.32. The first-order chi connectivity index (χ1) is 15.2. The fourth-order valence-corrected chi connectivity index (χ4v) is 2.95. The van der Waals surface area contributed by atoms with E-state index in [1.54, 1.807) is 30.5 Å². The van der Waals surface area contributed by atoms with Gasteiger partial charge in [0.2, 0.25) is 0 Å². The van der Waals surface area contributed by atoms with E-state index in [9.17, 15) is 9.18 Å². The highest BCUT2D eigenvalue weighted by atomic mass is 19.1. The fraction of sp³-hybridized carbons (Fsp3) is 0.0400. The van der Waals surface area contributed by atoms with E-state index in [-0.39, 0.29) is 11.7 Å². The number of hydrazone groups is 1. The smallest absolute Gasteiger partial charge is 0.271 e. The molecule has 3 aromatic carbocycles. The lowest BCUT2D eigenvalue weighted by Crippen LogP contribution is -2.17. The number of nitrogens with zero attached hydrogens (tertiary/aromatic N) is 2. The zero-order valence-corrected chi connectivity index (χ0v) is 16.6. The van der Waals surface area contributed by atoms with Crippen LogP contribution in [0.4, 0.5) is 4.39 Å². The molecule has 1 heterocycles. The molecule has 6 heteroatoms. The van der Waals surface area contributed by atoms with Gasteiger partial charge in [-0.05, 0) is 71.8 Å². The molecule has 0 spiro atoms. The van der Waals surface area contributed by atoms with Crippen molar-refractivity contribution in [3.63, 3.8) is 0 Å². The lowest BCUT2D eigenvalue weighted by Gasteiger charge is -2.07. The fourth-order valence-electron chi connectivity index (χ4n) is 2.95. The average molecular weight is 413 g/mol. The van der Waals surface area contributed by atoms with Gasteiger partial charge in [0.25, 0.3) is 5.91 Å². The topological polar surface area (TPSA) is 55.6 Å². The molecular formula is C25H20FN3O2. The quantitative estimate of drug-likeness (QED) is 0.344. The van der Waals surface area contributed by atoms with Gasteiger partial charge in [0.15, 0.2) is 0 Å². The van der Waals surface area contributed by atoms with Gasteiger partial charge in [-0.1, -0.05) is 24.3 Å². The number of carbonyl (C=O) groups excluding carboxylic acids is 1. The zero-order chi connectivity index (χ0) is 21.5. The summed E-state index contributed by atoms with van der Waals surface area (Å²) >= 11 is 0. The number of halogens is 1. The summed E-state index contributed by atoms with van der Waals surface area (Å²) in [6.07, 6.45) is 5.44. The number of ether oxygens (including phenoxy) is 1. The molecule has 0 saturated heterocycles. The van der Waals surface area contributed by atoms with Crippen molar-refractivity contribution in [2.45, 2.75) is 6.61 Å². The number of carbonyl (C=O) groups is 1. The van der Waals surface area contributed by atoms with E-state index in [0.717, 1.165) is 16.8 Å². The van der Waals surface area contributed by atoms with Crippen LogP contribution in [0.3, 0.4) is 0 Å². The third-order valence-electron chi connectivity index (χ3n) is 4.59. The first kappa shape index (κ1) is 20.1. The Kier molecular flexibility index (Phi) is 6.18. The molecule has 0 atom stereocenters. The number of hydrogen-bond acceptors (Lipinski definition) is 3. The second-order valence-electron chi connectivity index (χ2n) is 6.82. The van der Waals surface area contributed by atoms with Crippen LogP contribution in [0.25, 0.3) is 5.69 Å². The van der Waals surface area contributed by atoms with Crippen molar-refractivity contribution in [2.24, 2.45) is 5.10 Å². The lowest BCUT2D eigenvalue weighted by atomic mass is 10.2. The number of amides is 1. The van der Waals surface area contributed by atoms with Crippen LogP contribution in [-0.4, -0.2) is 16.7 Å². The maximum atomic E-state index is 13.0. The Morgan fingerprint density at radius 2 is 1.71 bits per heavy atom. The molecule has 0 radical (unpaired) electrons. The normalized spacial score (nSPS) is 10.9. The van der Waals surface area contributed by atoms with Gasteiger partial charge in [-0.15, -0.1) is 0 Å². The second kappa shape index (κ2) is 9.54. The minimum absolute atomic E-state index is 0.277. The third kappa shape index (κ3) is 5.45. The van der Waals surface area contributed by atoms with Crippen LogP contribution in [0.2, 0.25) is 0 Å². The number of nitrogens with one attached hydrogen (secondary N) is 1. The standard InChI is InChI=1S/C25H20FN3O2/c26-22-10-6-19(7-11-22)18-31-24-5-3-4-20(16-24)17-27-28-25(30)21-8-12-23(13-9-21)29-14-1-2-15-29/h1-17H,18H2,(H,28,30)/b27-17+. The molecular weight excluding hydrogens is 393 g/mol. The van der Waals surface area contributed by atoms with Crippen LogP contribution in [0.15, 0.2) is 102 Å². The van der Waals surface area contributed by atoms with E-state index in [4.69, 9.17) is 4.74 Å². The van der Waals surface area contributed by atoms with Crippen molar-refractivity contribution >= 4 is 12.1 Å². The molecule has 31 heavy (non-hydrogen) atoms. The van der Waals surface area contributed by atoms with E-state index < -0.39 is 0 Å². The number of aromatic nitrogens is 1. The molecule has 0 aliphatic rings. The monoisotopic (exact) mass is 413 g/mol. The van der Waals surface area contributed by atoms with Crippen LogP contribution in [0.1, 0.15) is 21.5 Å². The SMILES string of the molecule is O=C(N/N=C/c1cccc(OCc2ccc(F)cc2)c1)c1ccc(-n2cccc2)cc1. The van der Waals surface area contributed by atoms with Gasteiger partial charge in [-0.25, -0.2) is 9.82 Å². The van der Waals surface area contributed by atoms with Gasteiger partial charge in [0.1, 0.15) is 18.2 Å². The molecule has 1 aromatic heterocycles. The maximum absolute atomic E-state index is 13.0. The van der Waals surface area contributed by atoms with Gasteiger partial charge < -0.3 is 9.30 Å². The summed E-state index contributed by atoms with van der Waals surface area (Å²) in [7, 11) is 0. The molecule has 0 bridgehead atoms. The van der Waals surface area contributed by atoms with E-state index in [2.05, 4.69) is 10.5 Å². The minimum Gasteiger partial charge on any atom is -0.489 e. The van der Waals surface area contributed by atoms with Crippen LogP contribution >= 0.6 is 0 Å². The molecule has 0 unspecified atom stereocenters. The van der Waals surface area contributed by atoms with Gasteiger partial charge in [-0.2, -0.15) is 5.10 Å². The third-order valence-corrected chi connectivity index (χ3v) is 4.59. The van der Waals surface area contributed by atoms with Crippen LogP contribution in [0.5, 0.6) is 5.75 Å². The summed E-state index contributed by atoms with van der Waals surface area (Å²) in [5.74, 6) is 0.0834.